The lowest BCUT2D eigenvalue weighted by atomic mass is 9.95. The number of likely N-dealkylation sites (tertiary alicyclic amines) is 1. The van der Waals surface area contributed by atoms with Crippen LogP contribution in [0.4, 0.5) is 23.4 Å². The Morgan fingerprint density at radius 2 is 2.00 bits per heavy atom. The van der Waals surface area contributed by atoms with Gasteiger partial charge in [0.1, 0.15) is 29.8 Å². The maximum atomic E-state index is 16.7. The SMILES string of the molecule is C[C@H](N)/C=C/C(=O)N1CC[C@@H](N(C)c2nc(OC[C@@]34CCCN3C[C@H](F)C4)nc3c(F)c(-c4cccc5ccc(F)c(F)c45)ncc23)C1. The summed E-state index contributed by atoms with van der Waals surface area (Å²) in [6.07, 6.45) is 6.23. The highest BCUT2D eigenvalue weighted by Crippen LogP contribution is 2.41. The van der Waals surface area contributed by atoms with Crippen molar-refractivity contribution in [1.82, 2.24) is 24.8 Å². The smallest absolute Gasteiger partial charge is 0.319 e. The standard InChI is InChI=1S/C35H37F4N7O2/c1-20(40)7-10-27(47)45-14-11-23(18-45)44(2)33-25-16-41-31(24-6-3-5-21-8-9-26(37)29(38)28(21)24)30(39)32(25)42-34(43-33)48-19-35-12-4-13-46(35)17-22(36)15-35/h3,5-10,16,20,22-23H,4,11-15,17-19,40H2,1-2H3/b10-7+/t20-,22+,23+,35-/m0/s1. The van der Waals surface area contributed by atoms with E-state index >= 15 is 8.78 Å². The normalized spacial score (nSPS) is 23.4. The van der Waals surface area contributed by atoms with Gasteiger partial charge in [0, 0.05) is 68.4 Å². The fourth-order valence-corrected chi connectivity index (χ4v) is 7.47. The molecule has 3 saturated heterocycles. The molecule has 2 N–H and O–H groups in total. The van der Waals surface area contributed by atoms with Gasteiger partial charge in [-0.25, -0.2) is 17.6 Å². The number of anilines is 1. The average Bonchev–Trinajstić information content (AvgIpc) is 3.79. The molecule has 0 saturated carbocycles. The second kappa shape index (κ2) is 12.6. The van der Waals surface area contributed by atoms with Gasteiger partial charge in [-0.05, 0) is 44.2 Å². The van der Waals surface area contributed by atoms with Gasteiger partial charge in [-0.2, -0.15) is 9.97 Å². The van der Waals surface area contributed by atoms with Crippen molar-refractivity contribution in [3.63, 3.8) is 0 Å². The first-order chi connectivity index (χ1) is 23.0. The van der Waals surface area contributed by atoms with Crippen molar-refractivity contribution in [3.05, 3.63) is 66.1 Å². The third-order valence-electron chi connectivity index (χ3n) is 9.96. The second-order valence-electron chi connectivity index (χ2n) is 13.2. The number of nitrogens with zero attached hydrogens (tertiary/aromatic N) is 6. The molecule has 9 nitrogen and oxygen atoms in total. The molecular weight excluding hydrogens is 626 g/mol. The molecule has 7 rings (SSSR count). The molecule has 1 amide bonds. The predicted molar refractivity (Wildman–Crippen MR) is 175 cm³/mol. The zero-order valence-corrected chi connectivity index (χ0v) is 26.8. The maximum Gasteiger partial charge on any atom is 0.319 e. The zero-order chi connectivity index (χ0) is 33.7. The first-order valence-electron chi connectivity index (χ1n) is 16.3. The Morgan fingerprint density at radius 3 is 2.81 bits per heavy atom. The minimum atomic E-state index is -1.10. The molecule has 4 atom stereocenters. The van der Waals surface area contributed by atoms with Crippen LogP contribution in [0.3, 0.4) is 0 Å². The Hall–Kier alpha value is -4.36. The van der Waals surface area contributed by atoms with Crippen LogP contribution < -0.4 is 15.4 Å². The Balaban J connectivity index is 1.29. The summed E-state index contributed by atoms with van der Waals surface area (Å²) in [6.45, 7) is 3.94. The minimum absolute atomic E-state index is 0.0742. The molecule has 3 aliphatic rings. The number of fused-ring (bicyclic) bond motifs is 3. The number of carbonyl (C=O) groups is 1. The molecule has 252 valence electrons. The number of rotatable bonds is 8. The number of likely N-dealkylation sites (N-methyl/N-ethyl adjacent to an activating group) is 1. The average molecular weight is 664 g/mol. The van der Waals surface area contributed by atoms with E-state index in [-0.39, 0.29) is 58.2 Å². The zero-order valence-electron chi connectivity index (χ0n) is 26.8. The molecule has 0 aliphatic carbocycles. The van der Waals surface area contributed by atoms with Gasteiger partial charge in [-0.3, -0.25) is 14.7 Å². The molecule has 0 bridgehead atoms. The number of alkyl halides is 1. The molecular formula is C35H37F4N7O2. The van der Waals surface area contributed by atoms with Crippen LogP contribution in [-0.4, -0.2) is 94.3 Å². The Labute approximate surface area is 275 Å². The van der Waals surface area contributed by atoms with E-state index in [1.165, 1.54) is 24.4 Å². The molecule has 0 spiro atoms. The first-order valence-corrected chi connectivity index (χ1v) is 16.3. The van der Waals surface area contributed by atoms with E-state index < -0.39 is 29.2 Å². The molecule has 4 aromatic rings. The van der Waals surface area contributed by atoms with E-state index in [9.17, 15) is 13.6 Å². The maximum absolute atomic E-state index is 16.7. The van der Waals surface area contributed by atoms with Crippen molar-refractivity contribution < 1.29 is 27.1 Å². The summed E-state index contributed by atoms with van der Waals surface area (Å²) >= 11 is 0. The van der Waals surface area contributed by atoms with E-state index in [1.54, 1.807) is 37.1 Å². The molecule has 3 aliphatic heterocycles. The molecule has 2 aromatic carbocycles. The van der Waals surface area contributed by atoms with Crippen LogP contribution in [0.25, 0.3) is 32.9 Å². The number of nitrogens with two attached hydrogens (primary N) is 1. The van der Waals surface area contributed by atoms with Gasteiger partial charge in [0.2, 0.25) is 5.91 Å². The number of carbonyl (C=O) groups excluding carboxylic acids is 1. The van der Waals surface area contributed by atoms with Crippen LogP contribution in [0.15, 0.2) is 48.7 Å². The van der Waals surface area contributed by atoms with Gasteiger partial charge in [0.15, 0.2) is 17.5 Å². The summed E-state index contributed by atoms with van der Waals surface area (Å²) in [4.78, 5) is 32.1. The first kappa shape index (κ1) is 32.2. The number of halogens is 4. The van der Waals surface area contributed by atoms with Crippen LogP contribution in [0.5, 0.6) is 6.01 Å². The molecule has 0 unspecified atom stereocenters. The van der Waals surface area contributed by atoms with Crippen LogP contribution in [0.2, 0.25) is 0 Å². The summed E-state index contributed by atoms with van der Waals surface area (Å²) in [5, 5.41) is 0.575. The fourth-order valence-electron chi connectivity index (χ4n) is 7.47. The number of hydrogen-bond donors (Lipinski definition) is 1. The van der Waals surface area contributed by atoms with E-state index in [0.29, 0.717) is 43.7 Å². The number of aromatic nitrogens is 3. The van der Waals surface area contributed by atoms with Crippen LogP contribution in [0, 0.1) is 17.5 Å². The van der Waals surface area contributed by atoms with Crippen LogP contribution >= 0.6 is 0 Å². The molecule has 48 heavy (non-hydrogen) atoms. The summed E-state index contributed by atoms with van der Waals surface area (Å²) in [5.74, 6) is -2.82. The number of ether oxygens (including phenoxy) is 1. The van der Waals surface area contributed by atoms with Crippen molar-refractivity contribution in [2.45, 2.75) is 56.4 Å². The third-order valence-corrected chi connectivity index (χ3v) is 9.96. The lowest BCUT2D eigenvalue weighted by Crippen LogP contribution is -2.43. The highest BCUT2D eigenvalue weighted by molar-refractivity contribution is 5.99. The van der Waals surface area contributed by atoms with Crippen molar-refractivity contribution in [1.29, 1.82) is 0 Å². The van der Waals surface area contributed by atoms with Gasteiger partial charge < -0.3 is 20.3 Å². The minimum Gasteiger partial charge on any atom is -0.461 e. The lowest BCUT2D eigenvalue weighted by Gasteiger charge is -2.31. The number of amides is 1. The van der Waals surface area contributed by atoms with Crippen molar-refractivity contribution in [3.8, 4) is 17.3 Å². The molecule has 0 radical (unpaired) electrons. The van der Waals surface area contributed by atoms with Gasteiger partial charge in [-0.15, -0.1) is 0 Å². The number of pyridine rings is 1. The lowest BCUT2D eigenvalue weighted by molar-refractivity contribution is -0.125. The summed E-state index contributed by atoms with van der Waals surface area (Å²) < 4.78 is 66.8. The monoisotopic (exact) mass is 663 g/mol. The van der Waals surface area contributed by atoms with Crippen molar-refractivity contribution >= 4 is 33.4 Å². The largest absolute Gasteiger partial charge is 0.461 e. The van der Waals surface area contributed by atoms with Crippen molar-refractivity contribution in [2.75, 3.05) is 44.7 Å². The van der Waals surface area contributed by atoms with E-state index in [4.69, 9.17) is 15.5 Å². The van der Waals surface area contributed by atoms with E-state index in [0.717, 1.165) is 25.5 Å². The Morgan fingerprint density at radius 1 is 1.17 bits per heavy atom. The highest BCUT2D eigenvalue weighted by atomic mass is 19.2. The number of hydrogen-bond acceptors (Lipinski definition) is 8. The quantitative estimate of drug-likeness (QED) is 0.204. The van der Waals surface area contributed by atoms with E-state index in [1.807, 2.05) is 4.90 Å². The topological polar surface area (TPSA) is 101 Å². The second-order valence-corrected chi connectivity index (χ2v) is 13.2. The Bertz CT molecular complexity index is 1920. The third kappa shape index (κ3) is 5.72. The fraction of sp³-hybridized carbons (Fsp3) is 0.429. The highest BCUT2D eigenvalue weighted by Gasteiger charge is 2.49. The number of benzene rings is 2. The van der Waals surface area contributed by atoms with E-state index in [2.05, 4.69) is 14.9 Å². The molecule has 3 fully saturated rings. The summed E-state index contributed by atoms with van der Waals surface area (Å²) in [6, 6.07) is 6.65. The Kier molecular flexibility index (Phi) is 8.44. The van der Waals surface area contributed by atoms with Gasteiger partial charge in [-0.1, -0.05) is 30.3 Å². The van der Waals surface area contributed by atoms with Gasteiger partial charge >= 0.3 is 6.01 Å². The van der Waals surface area contributed by atoms with Crippen LogP contribution in [0.1, 0.15) is 32.6 Å². The van der Waals surface area contributed by atoms with Gasteiger partial charge in [0.05, 0.1) is 10.9 Å². The predicted octanol–water partition coefficient (Wildman–Crippen LogP) is 5.16. The van der Waals surface area contributed by atoms with Crippen molar-refractivity contribution in [2.24, 2.45) is 5.73 Å². The van der Waals surface area contributed by atoms with Gasteiger partial charge in [0.25, 0.3) is 0 Å². The van der Waals surface area contributed by atoms with Crippen LogP contribution in [-0.2, 0) is 4.79 Å². The summed E-state index contributed by atoms with van der Waals surface area (Å²) in [7, 11) is 1.80. The summed E-state index contributed by atoms with van der Waals surface area (Å²) in [5.41, 5.74) is 5.05. The molecule has 2 aromatic heterocycles. The molecule has 5 heterocycles. The molecule has 13 heteroatoms.